The summed E-state index contributed by atoms with van der Waals surface area (Å²) in [4.78, 5) is 0. The minimum Gasteiger partial charge on any atom is -0.385 e. The number of halogens is 3. The average Bonchev–Trinajstić information content (AvgIpc) is 2.92. The molecule has 2 heterocycles. The molecule has 1 aromatic heterocycles. The summed E-state index contributed by atoms with van der Waals surface area (Å²) in [6.45, 7) is 1.93. The lowest BCUT2D eigenvalue weighted by Crippen LogP contribution is -2.47. The lowest BCUT2D eigenvalue weighted by atomic mass is 9.78. The Labute approximate surface area is 137 Å². The van der Waals surface area contributed by atoms with Crippen molar-refractivity contribution in [2.45, 2.75) is 43.6 Å². The molecule has 1 aliphatic rings. The van der Waals surface area contributed by atoms with Crippen molar-refractivity contribution in [3.63, 3.8) is 0 Å². The minimum atomic E-state index is -4.38. The van der Waals surface area contributed by atoms with Crippen LogP contribution in [-0.4, -0.2) is 26.1 Å². The molecule has 0 spiro atoms. The fraction of sp³-hybridized carbons (Fsp3) is 0.500. The highest BCUT2D eigenvalue weighted by Gasteiger charge is 2.40. The smallest absolute Gasteiger partial charge is 0.385 e. The van der Waals surface area contributed by atoms with Crippen molar-refractivity contribution >= 4 is 0 Å². The van der Waals surface area contributed by atoms with E-state index in [0.717, 1.165) is 12.1 Å². The summed E-state index contributed by atoms with van der Waals surface area (Å²) in [5.74, 6) is 0. The summed E-state index contributed by atoms with van der Waals surface area (Å²) in [6, 6.07) is 4.51. The highest BCUT2D eigenvalue weighted by Crippen LogP contribution is 2.40. The number of hydrogen-bond acceptors (Lipinski definition) is 4. The molecule has 0 aliphatic carbocycles. The van der Waals surface area contributed by atoms with Crippen LogP contribution in [0.2, 0.25) is 0 Å². The Morgan fingerprint density at radius 2 is 1.92 bits per heavy atom. The van der Waals surface area contributed by atoms with Gasteiger partial charge in [-0.05, 0) is 31.0 Å². The van der Waals surface area contributed by atoms with Crippen molar-refractivity contribution in [2.24, 2.45) is 7.05 Å². The molecule has 3 rings (SSSR count). The Morgan fingerprint density at radius 3 is 2.46 bits per heavy atom. The van der Waals surface area contributed by atoms with Crippen LogP contribution in [0.1, 0.15) is 42.6 Å². The maximum Gasteiger partial charge on any atom is 0.416 e. The number of nitrogens with zero attached hydrogens (tertiary/aromatic N) is 3. The van der Waals surface area contributed by atoms with E-state index in [-0.39, 0.29) is 12.1 Å². The fourth-order valence-corrected chi connectivity index (χ4v) is 3.31. The Bertz CT molecular complexity index is 713. The summed E-state index contributed by atoms with van der Waals surface area (Å²) in [6.07, 6.45) is -1.88. The Hall–Kier alpha value is -1.93. The van der Waals surface area contributed by atoms with Crippen molar-refractivity contribution in [3.05, 3.63) is 47.3 Å². The van der Waals surface area contributed by atoms with Gasteiger partial charge in [-0.3, -0.25) is 4.68 Å². The lowest BCUT2D eigenvalue weighted by molar-refractivity contribution is -0.137. The Balaban J connectivity index is 1.87. The van der Waals surface area contributed by atoms with Gasteiger partial charge in [0, 0.05) is 25.7 Å². The van der Waals surface area contributed by atoms with E-state index in [1.807, 2.05) is 6.92 Å². The molecule has 3 atom stereocenters. The van der Waals surface area contributed by atoms with E-state index in [9.17, 15) is 18.3 Å². The standard InChI is InChI=1S/C16H19F3N4O/c1-10-7-15(24,8-13(20-10)14-9-23(2)22-21-14)11-3-5-12(6-4-11)16(17,18)19/h3-6,9-10,13,20,24H,7-8H2,1-2H3/t10-,13-,15-/m0/s1. The van der Waals surface area contributed by atoms with E-state index >= 15 is 0 Å². The molecule has 0 radical (unpaired) electrons. The topological polar surface area (TPSA) is 63.0 Å². The molecule has 0 unspecified atom stereocenters. The molecule has 24 heavy (non-hydrogen) atoms. The average molecular weight is 340 g/mol. The zero-order valence-electron chi connectivity index (χ0n) is 13.4. The van der Waals surface area contributed by atoms with Gasteiger partial charge in [0.25, 0.3) is 0 Å². The maximum absolute atomic E-state index is 12.7. The molecule has 2 N–H and O–H groups in total. The summed E-state index contributed by atoms with van der Waals surface area (Å²) < 4.78 is 39.7. The molecule has 0 amide bonds. The number of aromatic nitrogens is 3. The molecule has 1 aromatic carbocycles. The Morgan fingerprint density at radius 1 is 1.25 bits per heavy atom. The largest absolute Gasteiger partial charge is 0.416 e. The lowest BCUT2D eigenvalue weighted by Gasteiger charge is -2.40. The van der Waals surface area contributed by atoms with E-state index in [1.165, 1.54) is 12.1 Å². The maximum atomic E-state index is 12.7. The second-order valence-electron chi connectivity index (χ2n) is 6.45. The molecule has 8 heteroatoms. The molecule has 1 aliphatic heterocycles. The molecule has 0 bridgehead atoms. The first kappa shape index (κ1) is 16.9. The van der Waals surface area contributed by atoms with Gasteiger partial charge in [0.2, 0.25) is 0 Å². The van der Waals surface area contributed by atoms with Crippen molar-refractivity contribution in [2.75, 3.05) is 0 Å². The van der Waals surface area contributed by atoms with Crippen LogP contribution in [-0.2, 0) is 18.8 Å². The van der Waals surface area contributed by atoms with Gasteiger partial charge in [-0.1, -0.05) is 17.3 Å². The third-order valence-corrected chi connectivity index (χ3v) is 4.40. The number of rotatable bonds is 2. The molecule has 5 nitrogen and oxygen atoms in total. The second-order valence-corrected chi connectivity index (χ2v) is 6.45. The number of alkyl halides is 3. The normalized spacial score (nSPS) is 28.1. The molecule has 1 saturated heterocycles. The van der Waals surface area contributed by atoms with E-state index in [0.29, 0.717) is 24.1 Å². The zero-order valence-corrected chi connectivity index (χ0v) is 13.4. The highest BCUT2D eigenvalue weighted by atomic mass is 19.4. The van der Waals surface area contributed by atoms with Gasteiger partial charge in [-0.15, -0.1) is 5.10 Å². The fourth-order valence-electron chi connectivity index (χ4n) is 3.31. The first-order chi connectivity index (χ1) is 11.2. The number of aliphatic hydroxyl groups is 1. The van der Waals surface area contributed by atoms with Crippen LogP contribution < -0.4 is 5.32 Å². The van der Waals surface area contributed by atoms with Gasteiger partial charge >= 0.3 is 6.18 Å². The van der Waals surface area contributed by atoms with Gasteiger partial charge in [-0.25, -0.2) is 0 Å². The number of benzene rings is 1. The third-order valence-electron chi connectivity index (χ3n) is 4.40. The molecule has 130 valence electrons. The number of piperidine rings is 1. The van der Waals surface area contributed by atoms with Gasteiger partial charge in [0.1, 0.15) is 0 Å². The predicted octanol–water partition coefficient (Wildman–Crippen LogP) is 2.53. The SMILES string of the molecule is C[C@H]1C[C@@](O)(c2ccc(C(F)(F)F)cc2)C[C@@H](c2cn(C)nn2)N1. The summed E-state index contributed by atoms with van der Waals surface area (Å²) >= 11 is 0. The van der Waals surface area contributed by atoms with Crippen molar-refractivity contribution in [3.8, 4) is 0 Å². The molecular weight excluding hydrogens is 321 g/mol. The van der Waals surface area contributed by atoms with Crippen molar-refractivity contribution < 1.29 is 18.3 Å². The monoisotopic (exact) mass is 340 g/mol. The summed E-state index contributed by atoms with van der Waals surface area (Å²) in [5.41, 5.74) is -0.744. The quantitative estimate of drug-likeness (QED) is 0.882. The number of hydrogen-bond donors (Lipinski definition) is 2. The number of nitrogens with one attached hydrogen (secondary N) is 1. The van der Waals surface area contributed by atoms with E-state index in [1.54, 1.807) is 17.9 Å². The summed E-state index contributed by atoms with van der Waals surface area (Å²) in [7, 11) is 1.75. The zero-order chi connectivity index (χ0) is 17.5. The minimum absolute atomic E-state index is 0.0157. The van der Waals surface area contributed by atoms with Crippen LogP contribution in [0.5, 0.6) is 0 Å². The van der Waals surface area contributed by atoms with Crippen LogP contribution in [0.15, 0.2) is 30.5 Å². The second kappa shape index (κ2) is 5.86. The van der Waals surface area contributed by atoms with Crippen molar-refractivity contribution in [1.29, 1.82) is 0 Å². The molecule has 2 aromatic rings. The van der Waals surface area contributed by atoms with Crippen LogP contribution in [0.25, 0.3) is 0 Å². The van der Waals surface area contributed by atoms with E-state index in [2.05, 4.69) is 15.6 Å². The first-order valence-electron chi connectivity index (χ1n) is 7.70. The Kier molecular flexibility index (Phi) is 4.13. The first-order valence-corrected chi connectivity index (χ1v) is 7.70. The van der Waals surface area contributed by atoms with Gasteiger partial charge < -0.3 is 10.4 Å². The van der Waals surface area contributed by atoms with Crippen LogP contribution in [0, 0.1) is 0 Å². The van der Waals surface area contributed by atoms with Crippen LogP contribution >= 0.6 is 0 Å². The molecule has 1 fully saturated rings. The third kappa shape index (κ3) is 3.29. The molecule has 0 saturated carbocycles. The highest BCUT2D eigenvalue weighted by molar-refractivity contribution is 5.30. The van der Waals surface area contributed by atoms with Gasteiger partial charge in [0.05, 0.1) is 22.9 Å². The summed E-state index contributed by atoms with van der Waals surface area (Å²) in [5, 5.41) is 22.4. The molecular formula is C16H19F3N4O. The van der Waals surface area contributed by atoms with Crippen LogP contribution in [0.3, 0.4) is 0 Å². The number of aryl methyl sites for hydroxylation is 1. The van der Waals surface area contributed by atoms with E-state index in [4.69, 9.17) is 0 Å². The van der Waals surface area contributed by atoms with Gasteiger partial charge in [0.15, 0.2) is 0 Å². The van der Waals surface area contributed by atoms with Crippen molar-refractivity contribution in [1.82, 2.24) is 20.3 Å². The van der Waals surface area contributed by atoms with Gasteiger partial charge in [-0.2, -0.15) is 13.2 Å². The van der Waals surface area contributed by atoms with Crippen LogP contribution in [0.4, 0.5) is 13.2 Å². The predicted molar refractivity (Wildman–Crippen MR) is 80.9 cm³/mol. The van der Waals surface area contributed by atoms with E-state index < -0.39 is 17.3 Å².